The van der Waals surface area contributed by atoms with Crippen molar-refractivity contribution in [3.8, 4) is 11.5 Å². The molecule has 0 bridgehead atoms. The monoisotopic (exact) mass is 392 g/mol. The van der Waals surface area contributed by atoms with E-state index in [2.05, 4.69) is 15.6 Å². The Hall–Kier alpha value is -3.68. The lowest BCUT2D eigenvalue weighted by atomic mass is 10.1. The minimum Gasteiger partial charge on any atom is -0.486 e. The van der Waals surface area contributed by atoms with Gasteiger partial charge in [0.05, 0.1) is 11.6 Å². The van der Waals surface area contributed by atoms with Crippen molar-refractivity contribution in [1.82, 2.24) is 15.2 Å². The van der Waals surface area contributed by atoms with Crippen LogP contribution in [0.1, 0.15) is 29.4 Å². The quantitative estimate of drug-likeness (QED) is 0.531. The Balaban J connectivity index is 1.58. The smallest absolute Gasteiger partial charge is 0.292 e. The summed E-state index contributed by atoms with van der Waals surface area (Å²) in [5.74, 6) is 0.844. The second-order valence-electron chi connectivity index (χ2n) is 6.52. The van der Waals surface area contributed by atoms with Gasteiger partial charge in [0, 0.05) is 11.9 Å². The Morgan fingerprint density at radius 1 is 1.17 bits per heavy atom. The molecule has 0 radical (unpaired) electrons. The van der Waals surface area contributed by atoms with Crippen LogP contribution in [0.2, 0.25) is 0 Å². The molecule has 1 aromatic heterocycles. The molecule has 1 aliphatic rings. The van der Waals surface area contributed by atoms with Crippen molar-refractivity contribution in [2.75, 3.05) is 13.2 Å². The number of aryl methyl sites for hydroxylation is 1. The topological polar surface area (TPSA) is 94.8 Å². The van der Waals surface area contributed by atoms with Crippen LogP contribution < -0.4 is 20.5 Å². The third kappa shape index (κ3) is 3.82. The predicted octanol–water partition coefficient (Wildman–Crippen LogP) is 2.34. The highest BCUT2D eigenvalue weighted by molar-refractivity contribution is 6.05. The summed E-state index contributed by atoms with van der Waals surface area (Å²) in [6.07, 6.45) is 2.25. The van der Waals surface area contributed by atoms with Gasteiger partial charge in [-0.2, -0.15) is 10.2 Å². The van der Waals surface area contributed by atoms with Gasteiger partial charge in [0.15, 0.2) is 17.2 Å². The van der Waals surface area contributed by atoms with Gasteiger partial charge >= 0.3 is 0 Å². The van der Waals surface area contributed by atoms with Crippen LogP contribution in [-0.4, -0.2) is 35.1 Å². The largest absolute Gasteiger partial charge is 0.486 e. The van der Waals surface area contributed by atoms with Crippen molar-refractivity contribution in [1.29, 1.82) is 0 Å². The van der Waals surface area contributed by atoms with E-state index in [-0.39, 0.29) is 11.3 Å². The van der Waals surface area contributed by atoms with E-state index in [4.69, 9.17) is 9.47 Å². The van der Waals surface area contributed by atoms with Crippen LogP contribution in [0.5, 0.6) is 11.5 Å². The van der Waals surface area contributed by atoms with E-state index in [1.54, 1.807) is 36.4 Å². The van der Waals surface area contributed by atoms with Crippen LogP contribution >= 0.6 is 0 Å². The number of aromatic nitrogens is 2. The van der Waals surface area contributed by atoms with Crippen LogP contribution in [0, 0.1) is 0 Å². The molecular weight excluding hydrogens is 372 g/mol. The van der Waals surface area contributed by atoms with Crippen molar-refractivity contribution in [2.45, 2.75) is 19.9 Å². The first-order chi connectivity index (χ1) is 14.2. The van der Waals surface area contributed by atoms with E-state index in [9.17, 15) is 9.59 Å². The first-order valence-electron chi connectivity index (χ1n) is 9.40. The lowest BCUT2D eigenvalue weighted by Crippen LogP contribution is -2.29. The number of hydrogen-bond donors (Lipinski definition) is 1. The maximum atomic E-state index is 12.7. The second kappa shape index (κ2) is 8.14. The standard InChI is InChI=1S/C21H20N4O4/c1-2-9-25-21(27)16-6-4-3-5-15(16)19(24-25)20(26)23-22-13-14-7-8-17-18(12-14)29-11-10-28-17/h3-8,12-13H,2,9-11H2,1H3,(H,23,26)/b22-13-. The summed E-state index contributed by atoms with van der Waals surface area (Å²) >= 11 is 0. The van der Waals surface area contributed by atoms with E-state index in [1.807, 2.05) is 13.0 Å². The number of amides is 1. The fourth-order valence-electron chi connectivity index (χ4n) is 3.12. The molecule has 3 aromatic rings. The molecule has 0 saturated heterocycles. The molecule has 0 spiro atoms. The molecule has 0 unspecified atom stereocenters. The molecule has 2 aromatic carbocycles. The van der Waals surface area contributed by atoms with E-state index in [0.717, 1.165) is 12.0 Å². The van der Waals surface area contributed by atoms with Crippen LogP contribution in [-0.2, 0) is 6.54 Å². The van der Waals surface area contributed by atoms with Crippen molar-refractivity contribution in [3.05, 3.63) is 64.1 Å². The second-order valence-corrected chi connectivity index (χ2v) is 6.52. The molecule has 0 saturated carbocycles. The molecule has 1 aliphatic heterocycles. The molecule has 4 rings (SSSR count). The Morgan fingerprint density at radius 2 is 1.93 bits per heavy atom. The Kier molecular flexibility index (Phi) is 5.24. The number of hydrogen-bond acceptors (Lipinski definition) is 6. The van der Waals surface area contributed by atoms with Crippen LogP contribution in [0.15, 0.2) is 52.4 Å². The zero-order chi connectivity index (χ0) is 20.2. The van der Waals surface area contributed by atoms with E-state index < -0.39 is 5.91 Å². The maximum absolute atomic E-state index is 12.7. The normalized spacial score (nSPS) is 13.0. The fourth-order valence-corrected chi connectivity index (χ4v) is 3.12. The first-order valence-corrected chi connectivity index (χ1v) is 9.40. The minimum absolute atomic E-state index is 0.160. The van der Waals surface area contributed by atoms with Gasteiger partial charge in [-0.1, -0.05) is 25.1 Å². The van der Waals surface area contributed by atoms with E-state index >= 15 is 0 Å². The number of carbonyl (C=O) groups excluding carboxylic acids is 1. The number of benzene rings is 2. The van der Waals surface area contributed by atoms with Crippen molar-refractivity contribution < 1.29 is 14.3 Å². The molecule has 1 amide bonds. The molecule has 8 heteroatoms. The van der Waals surface area contributed by atoms with Gasteiger partial charge in [-0.15, -0.1) is 0 Å². The van der Waals surface area contributed by atoms with Gasteiger partial charge in [0.25, 0.3) is 11.5 Å². The zero-order valence-electron chi connectivity index (χ0n) is 15.9. The van der Waals surface area contributed by atoms with Gasteiger partial charge in [0.2, 0.25) is 0 Å². The van der Waals surface area contributed by atoms with Crippen LogP contribution in [0.4, 0.5) is 0 Å². The Bertz CT molecular complexity index is 1150. The number of hydrazone groups is 1. The molecule has 29 heavy (non-hydrogen) atoms. The lowest BCUT2D eigenvalue weighted by Gasteiger charge is -2.18. The molecular formula is C21H20N4O4. The van der Waals surface area contributed by atoms with Crippen molar-refractivity contribution in [3.63, 3.8) is 0 Å². The molecule has 8 nitrogen and oxygen atoms in total. The molecule has 0 fully saturated rings. The number of fused-ring (bicyclic) bond motifs is 2. The van der Waals surface area contributed by atoms with Gasteiger partial charge in [-0.25, -0.2) is 10.1 Å². The Morgan fingerprint density at radius 3 is 2.72 bits per heavy atom. The van der Waals surface area contributed by atoms with Crippen LogP contribution in [0.3, 0.4) is 0 Å². The molecule has 148 valence electrons. The molecule has 0 atom stereocenters. The van der Waals surface area contributed by atoms with E-state index in [1.165, 1.54) is 10.9 Å². The highest BCUT2D eigenvalue weighted by Gasteiger charge is 2.16. The minimum atomic E-state index is -0.486. The van der Waals surface area contributed by atoms with E-state index in [0.29, 0.717) is 42.0 Å². The number of nitrogens with zero attached hydrogens (tertiary/aromatic N) is 3. The summed E-state index contributed by atoms with van der Waals surface area (Å²) in [7, 11) is 0. The molecule has 2 heterocycles. The average Bonchev–Trinajstić information content (AvgIpc) is 2.75. The van der Waals surface area contributed by atoms with Gasteiger partial charge in [-0.3, -0.25) is 9.59 Å². The molecule has 0 aliphatic carbocycles. The summed E-state index contributed by atoms with van der Waals surface area (Å²) in [4.78, 5) is 25.2. The van der Waals surface area contributed by atoms with Gasteiger partial charge in [0.1, 0.15) is 13.2 Å². The third-order valence-corrected chi connectivity index (χ3v) is 4.46. The fraction of sp³-hybridized carbons (Fsp3) is 0.238. The highest BCUT2D eigenvalue weighted by atomic mass is 16.6. The number of ether oxygens (including phenoxy) is 2. The van der Waals surface area contributed by atoms with Crippen molar-refractivity contribution in [2.24, 2.45) is 5.10 Å². The first kappa shape index (κ1) is 18.7. The number of rotatable bonds is 5. The lowest BCUT2D eigenvalue weighted by molar-refractivity contribution is 0.0949. The van der Waals surface area contributed by atoms with Gasteiger partial charge < -0.3 is 9.47 Å². The summed E-state index contributed by atoms with van der Waals surface area (Å²) in [6, 6.07) is 12.3. The number of nitrogens with one attached hydrogen (secondary N) is 1. The summed E-state index contributed by atoms with van der Waals surface area (Å²) in [5.41, 5.74) is 3.19. The summed E-state index contributed by atoms with van der Waals surface area (Å²) in [6.45, 7) is 3.40. The van der Waals surface area contributed by atoms with Gasteiger partial charge in [-0.05, 0) is 36.2 Å². The Labute approximate surface area is 166 Å². The number of carbonyl (C=O) groups is 1. The van der Waals surface area contributed by atoms with Crippen molar-refractivity contribution >= 4 is 22.9 Å². The molecule has 1 N–H and O–H groups in total. The average molecular weight is 392 g/mol. The SMILES string of the molecule is CCCn1nc(C(=O)N/N=C\c2ccc3c(c2)OCCO3)c2ccccc2c1=O. The summed E-state index contributed by atoms with van der Waals surface area (Å²) < 4.78 is 12.3. The maximum Gasteiger partial charge on any atom is 0.292 e. The zero-order valence-corrected chi connectivity index (χ0v) is 15.9. The summed E-state index contributed by atoms with van der Waals surface area (Å²) in [5, 5.41) is 9.23. The third-order valence-electron chi connectivity index (χ3n) is 4.46. The van der Waals surface area contributed by atoms with Crippen LogP contribution in [0.25, 0.3) is 10.8 Å². The predicted molar refractivity (Wildman–Crippen MR) is 109 cm³/mol. The highest BCUT2D eigenvalue weighted by Crippen LogP contribution is 2.30.